The lowest BCUT2D eigenvalue weighted by Crippen LogP contribution is -2.70. The number of phenols is 1. The maximum Gasteiger partial charge on any atom is 0.255 e. The van der Waals surface area contributed by atoms with Crippen LogP contribution >= 0.6 is 0 Å². The molecule has 0 aliphatic heterocycles. The first kappa shape index (κ1) is 15.6. The van der Waals surface area contributed by atoms with Crippen LogP contribution in [0.5, 0.6) is 5.75 Å². The van der Waals surface area contributed by atoms with Crippen LogP contribution in [0.15, 0.2) is 35.1 Å². The molecule has 0 radical (unpaired) electrons. The number of amides is 1. The van der Waals surface area contributed by atoms with Crippen molar-refractivity contribution in [2.24, 2.45) is 17.6 Å². The zero-order valence-electron chi connectivity index (χ0n) is 22.6. The predicted octanol–water partition coefficient (Wildman–Crippen LogP) is -0.504. The Morgan fingerprint density at radius 1 is 1.22 bits per heavy atom. The summed E-state index contributed by atoms with van der Waals surface area (Å²) in [5.74, 6) is -12.6. The minimum absolute atomic E-state index is 0.206. The second-order valence-electron chi connectivity index (χ2n) is 8.20. The van der Waals surface area contributed by atoms with Gasteiger partial charge in [0.05, 0.1) is 23.6 Å². The number of nitrogens with two attached hydrogens (primary N) is 1. The third-order valence-electron chi connectivity index (χ3n) is 6.72. The average Bonchev–Trinajstić information content (AvgIpc) is 2.76. The Labute approximate surface area is 191 Å². The molecule has 7 N–H and O–H groups in total. The first-order valence-corrected chi connectivity index (χ1v) is 9.57. The van der Waals surface area contributed by atoms with Gasteiger partial charge in [-0.3, -0.25) is 19.3 Å². The van der Waals surface area contributed by atoms with Crippen LogP contribution in [0.3, 0.4) is 0 Å². The number of fused-ring (bicyclic) bond motifs is 3. The van der Waals surface area contributed by atoms with Crippen LogP contribution in [0.2, 0.25) is 0 Å². The summed E-state index contributed by atoms with van der Waals surface area (Å²) < 4.78 is 46.7. The number of hydrogen-bond acceptors (Lipinski definition) is 9. The molecule has 6 atom stereocenters. The lowest BCUT2D eigenvalue weighted by molar-refractivity contribution is -0.169. The van der Waals surface area contributed by atoms with Crippen molar-refractivity contribution in [3.63, 3.8) is 0 Å². The van der Waals surface area contributed by atoms with Crippen molar-refractivity contribution in [2.75, 3.05) is 14.0 Å². The van der Waals surface area contributed by atoms with Crippen molar-refractivity contribution < 1.29 is 48.1 Å². The minimum Gasteiger partial charge on any atom is -0.508 e. The number of primary amides is 1. The van der Waals surface area contributed by atoms with Crippen molar-refractivity contribution in [2.45, 2.75) is 30.6 Å². The van der Waals surface area contributed by atoms with Gasteiger partial charge < -0.3 is 31.3 Å². The molecule has 3 aliphatic carbocycles. The lowest BCUT2D eigenvalue weighted by atomic mass is 9.54. The van der Waals surface area contributed by atoms with Gasteiger partial charge in [0.2, 0.25) is 5.78 Å². The van der Waals surface area contributed by atoms with Gasteiger partial charge in [-0.15, -0.1) is 0 Å². The molecule has 1 saturated carbocycles. The summed E-state index contributed by atoms with van der Waals surface area (Å²) in [6.07, 6.45) is -2.14. The van der Waals surface area contributed by atoms with Crippen molar-refractivity contribution in [1.29, 1.82) is 0 Å². The molecular formula is C22H24N2O8. The third kappa shape index (κ3) is 2.48. The Morgan fingerprint density at radius 2 is 1.88 bits per heavy atom. The number of benzene rings is 1. The van der Waals surface area contributed by atoms with Crippen LogP contribution < -0.4 is 5.73 Å². The van der Waals surface area contributed by atoms with Gasteiger partial charge in [-0.25, -0.2) is 0 Å². The van der Waals surface area contributed by atoms with E-state index in [1.54, 1.807) is 0 Å². The highest BCUT2D eigenvalue weighted by Gasteiger charge is 2.68. The molecule has 0 unspecified atom stereocenters. The number of hydrogen-bond donors (Lipinski definition) is 6. The number of likely N-dealkylation sites (N-methyl/N-ethyl adjacent to an activating group) is 1. The van der Waals surface area contributed by atoms with Crippen LogP contribution in [0.4, 0.5) is 0 Å². The number of aromatic hydroxyl groups is 1. The van der Waals surface area contributed by atoms with E-state index in [-0.39, 0.29) is 16.0 Å². The van der Waals surface area contributed by atoms with E-state index in [0.717, 1.165) is 0 Å². The monoisotopic (exact) mass is 452 g/mol. The normalized spacial score (nSPS) is 37.9. The Bertz CT molecular complexity index is 1320. The second-order valence-corrected chi connectivity index (χ2v) is 8.20. The molecule has 1 amide bonds. The van der Waals surface area contributed by atoms with Gasteiger partial charge in [0.1, 0.15) is 22.8 Å². The van der Waals surface area contributed by atoms with Gasteiger partial charge in [0, 0.05) is 19.7 Å². The molecule has 0 aromatic heterocycles. The Morgan fingerprint density at radius 3 is 2.47 bits per heavy atom. The van der Waals surface area contributed by atoms with Crippen molar-refractivity contribution >= 4 is 23.2 Å². The van der Waals surface area contributed by atoms with E-state index in [0.29, 0.717) is 0 Å². The van der Waals surface area contributed by atoms with E-state index in [4.69, 9.17) is 14.0 Å². The number of aliphatic hydroxyl groups excluding tert-OH is 3. The van der Waals surface area contributed by atoms with Crippen molar-refractivity contribution in [3.8, 4) is 5.75 Å². The highest BCUT2D eigenvalue weighted by Crippen LogP contribution is 2.55. The SMILES string of the molecule is [2H][13C]([2H])([2H])N([C@@H]1C(=O)C(C(N)=O)=C(O)[C@@]2(O)C(=O)C3=C(O)c4c(O)cccc4[C@H](C)[C@H]3[C@H](O)[C@@H]12)[13C]([2H])([2H])[2H]. The molecule has 0 spiro atoms. The molecule has 4 rings (SSSR count). The van der Waals surface area contributed by atoms with E-state index in [9.17, 15) is 39.9 Å². The Hall–Kier alpha value is -3.21. The number of nitrogens with zero attached hydrogens (tertiary/aromatic N) is 1. The van der Waals surface area contributed by atoms with Gasteiger partial charge in [0.25, 0.3) is 5.91 Å². The fourth-order valence-corrected chi connectivity index (χ4v) is 5.30. The molecule has 1 fully saturated rings. The molecular weight excluding hydrogens is 422 g/mol. The number of phenolic OH excluding ortho intramolecular Hbond substituents is 1. The highest BCUT2D eigenvalue weighted by molar-refractivity contribution is 6.24. The highest BCUT2D eigenvalue weighted by atomic mass is 16.4. The van der Waals surface area contributed by atoms with Gasteiger partial charge in [-0.1, -0.05) is 19.1 Å². The number of rotatable bonds is 2. The zero-order chi connectivity index (χ0) is 28.9. The smallest absolute Gasteiger partial charge is 0.255 e. The fraction of sp³-hybridized carbons (Fsp3) is 0.409. The molecule has 3 aliphatic rings. The zero-order valence-corrected chi connectivity index (χ0v) is 16.6. The van der Waals surface area contributed by atoms with E-state index in [2.05, 4.69) is 0 Å². The van der Waals surface area contributed by atoms with Gasteiger partial charge in [-0.05, 0) is 31.5 Å². The minimum atomic E-state index is -3.60. The standard InChI is InChI=1S/C22H24N2O8/c1-7-8-5-4-6-9(25)11(8)16(26)12-10(7)17(27)14-15(24(2)3)18(28)13(21(23)31)20(30)22(14,32)19(12)29/h4-7,10,14-15,17,25-27,30,32H,1-3H3,(H2,23,31)/t7-,10+,14+,15-,17-,22-/m0/s1/i2+1D3,3+1D3. The number of carbonyl (C=O) groups excluding carboxylic acids is 3. The number of ketones is 2. The average molecular weight is 452 g/mol. The largest absolute Gasteiger partial charge is 0.508 e. The van der Waals surface area contributed by atoms with E-state index in [1.165, 1.54) is 25.1 Å². The third-order valence-corrected chi connectivity index (χ3v) is 6.72. The maximum absolute atomic E-state index is 13.9. The quantitative estimate of drug-likeness (QED) is 0.254. The first-order valence-electron chi connectivity index (χ1n) is 12.6. The number of carbonyl (C=O) groups is 3. The van der Waals surface area contributed by atoms with Crippen LogP contribution in [0, 0.1) is 11.8 Å². The topological polar surface area (TPSA) is 182 Å². The van der Waals surface area contributed by atoms with Gasteiger partial charge in [0.15, 0.2) is 11.4 Å². The lowest BCUT2D eigenvalue weighted by Gasteiger charge is -2.53. The molecule has 1 aromatic carbocycles. The molecule has 0 saturated heterocycles. The van der Waals surface area contributed by atoms with E-state index in [1.807, 2.05) is 0 Å². The van der Waals surface area contributed by atoms with E-state index >= 15 is 0 Å². The molecule has 10 nitrogen and oxygen atoms in total. The molecule has 0 heterocycles. The summed E-state index contributed by atoms with van der Waals surface area (Å²) in [7, 11) is 0. The molecule has 0 bridgehead atoms. The number of Topliss-reactive ketones (excluding diaryl/α,β-unsaturated/α-hetero) is 2. The predicted molar refractivity (Wildman–Crippen MR) is 110 cm³/mol. The van der Waals surface area contributed by atoms with Gasteiger partial charge in [-0.2, -0.15) is 0 Å². The second kappa shape index (κ2) is 6.89. The summed E-state index contributed by atoms with van der Waals surface area (Å²) in [5, 5.41) is 55.5. The Balaban J connectivity index is 2.11. The van der Waals surface area contributed by atoms with Gasteiger partial charge >= 0.3 is 0 Å². The van der Waals surface area contributed by atoms with E-state index < -0.39 is 95.3 Å². The summed E-state index contributed by atoms with van der Waals surface area (Å²) >= 11 is 0. The van der Waals surface area contributed by atoms with Crippen LogP contribution in [0.25, 0.3) is 5.76 Å². The summed E-state index contributed by atoms with van der Waals surface area (Å²) in [4.78, 5) is 39.2. The molecule has 32 heavy (non-hydrogen) atoms. The van der Waals surface area contributed by atoms with Crippen molar-refractivity contribution in [3.05, 3.63) is 46.2 Å². The van der Waals surface area contributed by atoms with Crippen LogP contribution in [0.1, 0.15) is 32.2 Å². The first-order chi connectivity index (χ1) is 17.3. The fourth-order valence-electron chi connectivity index (χ4n) is 5.30. The Kier molecular flexibility index (Phi) is 3.35. The van der Waals surface area contributed by atoms with Crippen LogP contribution in [-0.2, 0) is 14.4 Å². The summed E-state index contributed by atoms with van der Waals surface area (Å²) in [6.45, 7) is -5.72. The molecule has 10 heteroatoms. The molecule has 1 aromatic rings. The summed E-state index contributed by atoms with van der Waals surface area (Å²) in [5.41, 5.74) is -0.342. The number of aliphatic hydroxyl groups is 4. The van der Waals surface area contributed by atoms with Crippen molar-refractivity contribution in [1.82, 2.24) is 4.90 Å². The molecule has 170 valence electrons. The van der Waals surface area contributed by atoms with Crippen LogP contribution in [-0.4, -0.2) is 79.6 Å². The summed E-state index contributed by atoms with van der Waals surface area (Å²) in [6, 6.07) is 1.52. The maximum atomic E-state index is 13.9.